The number of fused-ring (bicyclic) bond motifs is 3. The van der Waals surface area contributed by atoms with E-state index in [0.29, 0.717) is 0 Å². The van der Waals surface area contributed by atoms with Gasteiger partial charge in [-0.3, -0.25) is 0 Å². The maximum Gasteiger partial charge on any atom is -0.00262 e. The second-order valence-corrected chi connectivity index (χ2v) is 18.8. The summed E-state index contributed by atoms with van der Waals surface area (Å²) in [6, 6.07) is 107. The monoisotopic (exact) mass is 912 g/mol. The molecule has 0 heterocycles. The minimum absolute atomic E-state index is 1.19. The van der Waals surface area contributed by atoms with Gasteiger partial charge in [0, 0.05) is 0 Å². The van der Waals surface area contributed by atoms with Crippen molar-refractivity contribution in [3.8, 4) is 100 Å². The highest BCUT2D eigenvalue weighted by molar-refractivity contribution is 6.21. The predicted molar refractivity (Wildman–Crippen MR) is 308 cm³/mol. The van der Waals surface area contributed by atoms with Crippen molar-refractivity contribution in [1.29, 1.82) is 0 Å². The summed E-state index contributed by atoms with van der Waals surface area (Å²) in [5.74, 6) is 0. The Balaban J connectivity index is 0.777. The van der Waals surface area contributed by atoms with Gasteiger partial charge in [-0.2, -0.15) is 0 Å². The molecule has 0 saturated carbocycles. The zero-order chi connectivity index (χ0) is 47.8. The van der Waals surface area contributed by atoms with Crippen molar-refractivity contribution in [3.63, 3.8) is 0 Å². The van der Waals surface area contributed by atoms with E-state index in [2.05, 4.69) is 291 Å². The zero-order valence-electron chi connectivity index (χ0n) is 39.7. The maximum absolute atomic E-state index is 2.36. The van der Waals surface area contributed by atoms with Gasteiger partial charge >= 0.3 is 0 Å². The van der Waals surface area contributed by atoms with Crippen molar-refractivity contribution in [1.82, 2.24) is 0 Å². The van der Waals surface area contributed by atoms with E-state index in [4.69, 9.17) is 0 Å². The average Bonchev–Trinajstić information content (AvgIpc) is 3.47. The first-order valence-electron chi connectivity index (χ1n) is 24.9. The summed E-state index contributed by atoms with van der Waals surface area (Å²) in [4.78, 5) is 0. The van der Waals surface area contributed by atoms with Crippen LogP contribution < -0.4 is 0 Å². The second-order valence-electron chi connectivity index (χ2n) is 18.8. The van der Waals surface area contributed by atoms with E-state index < -0.39 is 0 Å². The van der Waals surface area contributed by atoms with Gasteiger partial charge in [-0.1, -0.05) is 255 Å². The lowest BCUT2D eigenvalue weighted by Gasteiger charge is -2.18. The summed E-state index contributed by atoms with van der Waals surface area (Å²) in [6.07, 6.45) is 0. The number of benzene rings is 13. The third-order valence-corrected chi connectivity index (χ3v) is 14.4. The normalized spacial score (nSPS) is 11.3. The number of rotatable bonds is 9. The van der Waals surface area contributed by atoms with E-state index in [-0.39, 0.29) is 0 Å². The Morgan fingerprint density at radius 2 is 0.375 bits per heavy atom. The summed E-state index contributed by atoms with van der Waals surface area (Å²) in [6.45, 7) is 0. The fourth-order valence-corrected chi connectivity index (χ4v) is 10.8. The van der Waals surface area contributed by atoms with E-state index in [1.54, 1.807) is 0 Å². The number of hydrogen-bond acceptors (Lipinski definition) is 0. The van der Waals surface area contributed by atoms with Crippen LogP contribution in [0.2, 0.25) is 0 Å². The molecule has 0 fully saturated rings. The molecule has 0 aliphatic carbocycles. The highest BCUT2D eigenvalue weighted by atomic mass is 14.2. The van der Waals surface area contributed by atoms with Gasteiger partial charge in [-0.05, 0) is 169 Å². The molecule has 0 aliphatic rings. The molecule has 0 aliphatic heterocycles. The van der Waals surface area contributed by atoms with Crippen LogP contribution in [0.15, 0.2) is 291 Å². The molecule has 0 amide bonds. The van der Waals surface area contributed by atoms with Crippen LogP contribution in [0.5, 0.6) is 0 Å². The predicted octanol–water partition coefficient (Wildman–Crippen LogP) is 20.1. The molecule has 0 N–H and O–H groups in total. The van der Waals surface area contributed by atoms with Crippen LogP contribution >= 0.6 is 0 Å². The highest BCUT2D eigenvalue weighted by Gasteiger charge is 2.18. The number of hydrogen-bond donors (Lipinski definition) is 0. The van der Waals surface area contributed by atoms with Crippen LogP contribution in [-0.4, -0.2) is 0 Å². The molecule has 0 aromatic heterocycles. The van der Waals surface area contributed by atoms with Crippen LogP contribution in [0.1, 0.15) is 0 Å². The fourth-order valence-electron chi connectivity index (χ4n) is 10.8. The molecule has 0 nitrogen and oxygen atoms in total. The molecular formula is C72H48. The van der Waals surface area contributed by atoms with Crippen molar-refractivity contribution in [2.75, 3.05) is 0 Å². The summed E-state index contributed by atoms with van der Waals surface area (Å²) in [7, 11) is 0. The summed E-state index contributed by atoms with van der Waals surface area (Å²) >= 11 is 0. The Bertz CT molecular complexity index is 4060. The minimum Gasteiger partial charge on any atom is -0.0622 e. The molecule has 72 heavy (non-hydrogen) atoms. The summed E-state index contributed by atoms with van der Waals surface area (Å²) < 4.78 is 0. The minimum atomic E-state index is 1.19. The average molecular weight is 913 g/mol. The maximum atomic E-state index is 2.36. The van der Waals surface area contributed by atoms with E-state index in [9.17, 15) is 0 Å². The largest absolute Gasteiger partial charge is 0.0622 e. The molecule has 13 aromatic rings. The van der Waals surface area contributed by atoms with Crippen molar-refractivity contribution in [2.45, 2.75) is 0 Å². The zero-order valence-corrected chi connectivity index (χ0v) is 39.7. The Morgan fingerprint density at radius 1 is 0.125 bits per heavy atom. The molecule has 0 radical (unpaired) electrons. The molecule has 13 rings (SSSR count). The quantitative estimate of drug-likeness (QED) is 0.127. The Hall–Kier alpha value is -9.36. The molecule has 0 spiro atoms. The lowest BCUT2D eigenvalue weighted by atomic mass is 9.85. The van der Waals surface area contributed by atoms with Gasteiger partial charge in [-0.15, -0.1) is 0 Å². The van der Waals surface area contributed by atoms with Crippen LogP contribution in [0.4, 0.5) is 0 Å². The molecule has 0 saturated heterocycles. The molecule has 0 bridgehead atoms. The molecule has 0 unspecified atom stereocenters. The molecule has 0 atom stereocenters. The third kappa shape index (κ3) is 8.15. The topological polar surface area (TPSA) is 0 Å². The van der Waals surface area contributed by atoms with Gasteiger partial charge in [0.05, 0.1) is 0 Å². The van der Waals surface area contributed by atoms with Gasteiger partial charge in [0.2, 0.25) is 0 Å². The first kappa shape index (κ1) is 42.7. The molecule has 336 valence electrons. The standard InChI is InChI=1S/C72H48/c1-2-15-49(16-3-1)56-19-10-23-60(43-56)61-24-11-20-57(44-61)51-33-35-52(36-34-51)58-21-12-25-62(45-58)63-26-13-22-59(46-63)53-37-40-54(41-38-53)71-67-29-6-8-31-69(67)72(70-32-9-7-30-68(70)71)66-28-14-27-64(48-66)65-42-39-50-17-4-5-18-55(50)47-65/h1-48H. The lowest BCUT2D eigenvalue weighted by Crippen LogP contribution is -1.91. The molecular weight excluding hydrogens is 865 g/mol. The van der Waals surface area contributed by atoms with Crippen molar-refractivity contribution in [3.05, 3.63) is 291 Å². The van der Waals surface area contributed by atoms with Crippen molar-refractivity contribution >= 4 is 32.3 Å². The summed E-state index contributed by atoms with van der Waals surface area (Å²) in [5, 5.41) is 7.52. The van der Waals surface area contributed by atoms with E-state index in [1.165, 1.54) is 132 Å². The van der Waals surface area contributed by atoms with E-state index in [1.807, 2.05) is 0 Å². The van der Waals surface area contributed by atoms with Gasteiger partial charge in [0.15, 0.2) is 0 Å². The Morgan fingerprint density at radius 3 is 0.792 bits per heavy atom. The van der Waals surface area contributed by atoms with Gasteiger partial charge in [0.1, 0.15) is 0 Å². The van der Waals surface area contributed by atoms with E-state index >= 15 is 0 Å². The third-order valence-electron chi connectivity index (χ3n) is 14.4. The van der Waals surface area contributed by atoms with E-state index in [0.717, 1.165) is 0 Å². The highest BCUT2D eigenvalue weighted by Crippen LogP contribution is 2.45. The van der Waals surface area contributed by atoms with Gasteiger partial charge in [0.25, 0.3) is 0 Å². The molecule has 0 heteroatoms. The van der Waals surface area contributed by atoms with Gasteiger partial charge in [-0.25, -0.2) is 0 Å². The van der Waals surface area contributed by atoms with Crippen LogP contribution in [0, 0.1) is 0 Å². The first-order valence-corrected chi connectivity index (χ1v) is 24.9. The fraction of sp³-hybridized carbons (Fsp3) is 0. The smallest absolute Gasteiger partial charge is 0.00262 e. The second kappa shape index (κ2) is 18.5. The Labute approximate surface area is 421 Å². The van der Waals surface area contributed by atoms with Crippen LogP contribution in [0.3, 0.4) is 0 Å². The van der Waals surface area contributed by atoms with Crippen molar-refractivity contribution in [2.24, 2.45) is 0 Å². The van der Waals surface area contributed by atoms with Gasteiger partial charge < -0.3 is 0 Å². The van der Waals surface area contributed by atoms with Crippen LogP contribution in [-0.2, 0) is 0 Å². The summed E-state index contributed by atoms with van der Waals surface area (Å²) in [5.41, 5.74) is 21.9. The molecule has 13 aromatic carbocycles. The lowest BCUT2D eigenvalue weighted by molar-refractivity contribution is 1.56. The SMILES string of the molecule is c1ccc(-c2cccc(-c3cccc(-c4ccc(-c5cccc(-c6cccc(-c7ccc(-c8c9ccccc9c(-c9cccc(-c%10ccc%11ccccc%11c%10)c9)c9ccccc89)cc7)c6)c5)cc4)c3)c2)cc1. The first-order chi connectivity index (χ1) is 35.7. The van der Waals surface area contributed by atoms with Crippen molar-refractivity contribution < 1.29 is 0 Å². The Kier molecular flexibility index (Phi) is 11.0. The van der Waals surface area contributed by atoms with Crippen LogP contribution in [0.25, 0.3) is 132 Å².